The predicted molar refractivity (Wildman–Crippen MR) is 75.2 cm³/mol. The molecule has 1 aromatic carbocycles. The fraction of sp³-hybridized carbons (Fsp3) is 0.273. The Kier molecular flexibility index (Phi) is 4.66. The van der Waals surface area contributed by atoms with Gasteiger partial charge in [-0.1, -0.05) is 28.0 Å². The van der Waals surface area contributed by atoms with Crippen LogP contribution < -0.4 is 4.74 Å². The Hall–Kier alpha value is -1.12. The molecule has 1 aromatic heterocycles. The summed E-state index contributed by atoms with van der Waals surface area (Å²) in [6.07, 6.45) is 0.642. The van der Waals surface area contributed by atoms with Gasteiger partial charge in [-0.3, -0.25) is 0 Å². The first-order valence-electron chi connectivity index (χ1n) is 5.58. The molecule has 0 N–H and O–H groups in total. The highest BCUT2D eigenvalue weighted by Crippen LogP contribution is 2.30. The van der Waals surface area contributed by atoms with Crippen LogP contribution in [0.2, 0.25) is 0 Å². The van der Waals surface area contributed by atoms with Crippen LogP contribution in [0.1, 0.15) is 18.6 Å². The van der Waals surface area contributed by atoms with Crippen LogP contribution in [-0.2, 0) is 22.1 Å². The summed E-state index contributed by atoms with van der Waals surface area (Å²) in [6, 6.07) is 4.51. The van der Waals surface area contributed by atoms with Crippen LogP contribution in [0.25, 0.3) is 0 Å². The van der Waals surface area contributed by atoms with E-state index in [-0.39, 0.29) is 23.1 Å². The number of nitrogens with zero attached hydrogens (tertiary/aromatic N) is 2. The van der Waals surface area contributed by atoms with E-state index in [9.17, 15) is 8.42 Å². The average Bonchev–Trinajstić information content (AvgIpc) is 2.84. The van der Waals surface area contributed by atoms with Gasteiger partial charge in [0.2, 0.25) is 0 Å². The summed E-state index contributed by atoms with van der Waals surface area (Å²) in [5, 5.41) is 3.71. The highest BCUT2D eigenvalue weighted by molar-refractivity contribution is 9.10. The van der Waals surface area contributed by atoms with E-state index in [1.165, 1.54) is 12.1 Å². The summed E-state index contributed by atoms with van der Waals surface area (Å²) in [6.45, 7) is 1.86. The van der Waals surface area contributed by atoms with Crippen molar-refractivity contribution in [2.45, 2.75) is 24.8 Å². The predicted octanol–water partition coefficient (Wildman–Crippen LogP) is 2.90. The van der Waals surface area contributed by atoms with Crippen LogP contribution in [0.15, 0.2) is 32.1 Å². The number of aryl methyl sites for hydroxylation is 1. The van der Waals surface area contributed by atoms with E-state index in [0.717, 1.165) is 0 Å². The second kappa shape index (κ2) is 6.11. The van der Waals surface area contributed by atoms with Crippen molar-refractivity contribution in [2.75, 3.05) is 0 Å². The van der Waals surface area contributed by atoms with Gasteiger partial charge < -0.3 is 9.26 Å². The zero-order valence-corrected chi connectivity index (χ0v) is 13.5. The third kappa shape index (κ3) is 3.71. The normalized spacial score (nSPS) is 11.6. The van der Waals surface area contributed by atoms with Gasteiger partial charge in [-0.05, 0) is 18.2 Å². The van der Waals surface area contributed by atoms with Gasteiger partial charge in [0.05, 0.1) is 0 Å². The molecule has 2 rings (SSSR count). The molecule has 0 radical (unpaired) electrons. The van der Waals surface area contributed by atoms with Crippen molar-refractivity contribution in [1.29, 1.82) is 0 Å². The van der Waals surface area contributed by atoms with E-state index >= 15 is 0 Å². The lowest BCUT2D eigenvalue weighted by Gasteiger charge is -2.07. The van der Waals surface area contributed by atoms with Gasteiger partial charge in [-0.2, -0.15) is 4.98 Å². The molecule has 0 unspecified atom stereocenters. The maximum atomic E-state index is 11.5. The molecule has 2 aromatic rings. The molecule has 0 saturated heterocycles. The third-order valence-electron chi connectivity index (χ3n) is 2.35. The van der Waals surface area contributed by atoms with Crippen molar-refractivity contribution >= 4 is 35.7 Å². The fourth-order valence-corrected chi connectivity index (χ4v) is 2.93. The molecule has 0 fully saturated rings. The summed E-state index contributed by atoms with van der Waals surface area (Å²) in [4.78, 5) is 3.94. The van der Waals surface area contributed by atoms with Crippen LogP contribution in [-0.4, -0.2) is 18.6 Å². The van der Waals surface area contributed by atoms with Gasteiger partial charge in [-0.15, -0.1) is 0 Å². The summed E-state index contributed by atoms with van der Waals surface area (Å²) in [7, 11) is 1.45. The average molecular weight is 382 g/mol. The first-order chi connectivity index (χ1) is 9.40. The van der Waals surface area contributed by atoms with Crippen LogP contribution >= 0.6 is 26.6 Å². The summed E-state index contributed by atoms with van der Waals surface area (Å²) in [5.74, 6) is 0.951. The smallest absolute Gasteiger partial charge is 0.265 e. The largest absolute Gasteiger partial charge is 0.482 e. The molecule has 0 amide bonds. The van der Waals surface area contributed by atoms with Crippen LogP contribution in [0, 0.1) is 0 Å². The Balaban J connectivity index is 2.21. The Morgan fingerprint density at radius 1 is 1.45 bits per heavy atom. The second-order valence-corrected chi connectivity index (χ2v) is 7.23. The van der Waals surface area contributed by atoms with Crippen molar-refractivity contribution in [1.82, 2.24) is 10.1 Å². The van der Waals surface area contributed by atoms with Crippen molar-refractivity contribution < 1.29 is 17.7 Å². The van der Waals surface area contributed by atoms with E-state index in [4.69, 9.17) is 19.9 Å². The first kappa shape index (κ1) is 15.3. The molecular weight excluding hydrogens is 372 g/mol. The number of aromatic nitrogens is 2. The molecular formula is C11H10BrClN2O4S. The van der Waals surface area contributed by atoms with E-state index in [0.29, 0.717) is 16.7 Å². The first-order valence-corrected chi connectivity index (χ1v) is 8.69. The molecule has 20 heavy (non-hydrogen) atoms. The van der Waals surface area contributed by atoms with Crippen molar-refractivity contribution in [3.05, 3.63) is 34.4 Å². The van der Waals surface area contributed by atoms with E-state index < -0.39 is 9.05 Å². The lowest BCUT2D eigenvalue weighted by atomic mass is 10.3. The number of halogens is 2. The number of hydrogen-bond donors (Lipinski definition) is 0. The van der Waals surface area contributed by atoms with Crippen LogP contribution in [0.3, 0.4) is 0 Å². The molecule has 9 heteroatoms. The standard InChI is InChI=1S/C11H10BrClN2O4S/c1-2-10-14-11(19-15-10)6-18-8-4-3-7(12)5-9(8)20(13,16)17/h3-5H,2,6H2,1H3. The lowest BCUT2D eigenvalue weighted by molar-refractivity contribution is 0.237. The maximum absolute atomic E-state index is 11.5. The lowest BCUT2D eigenvalue weighted by Crippen LogP contribution is -2.01. The van der Waals surface area contributed by atoms with Crippen LogP contribution in [0.5, 0.6) is 5.75 Å². The molecule has 0 atom stereocenters. The number of benzene rings is 1. The highest BCUT2D eigenvalue weighted by atomic mass is 79.9. The Morgan fingerprint density at radius 3 is 2.80 bits per heavy atom. The minimum absolute atomic E-state index is 0.0337. The van der Waals surface area contributed by atoms with Gasteiger partial charge in [0.1, 0.15) is 10.6 Å². The number of rotatable bonds is 5. The minimum Gasteiger partial charge on any atom is -0.482 e. The van der Waals surface area contributed by atoms with Gasteiger partial charge >= 0.3 is 0 Å². The third-order valence-corrected chi connectivity index (χ3v) is 4.18. The fourth-order valence-electron chi connectivity index (χ4n) is 1.42. The second-order valence-electron chi connectivity index (χ2n) is 3.78. The number of ether oxygens (including phenoxy) is 1. The zero-order chi connectivity index (χ0) is 14.8. The Labute approximate surface area is 128 Å². The molecule has 1 heterocycles. The number of hydrogen-bond acceptors (Lipinski definition) is 6. The van der Waals surface area contributed by atoms with Gasteiger partial charge in [0.25, 0.3) is 14.9 Å². The monoisotopic (exact) mass is 380 g/mol. The Morgan fingerprint density at radius 2 is 2.20 bits per heavy atom. The summed E-state index contributed by atoms with van der Waals surface area (Å²) in [5.41, 5.74) is 0. The zero-order valence-electron chi connectivity index (χ0n) is 10.3. The molecule has 0 spiro atoms. The summed E-state index contributed by atoms with van der Waals surface area (Å²) >= 11 is 3.18. The van der Waals surface area contributed by atoms with E-state index in [1.54, 1.807) is 6.07 Å². The van der Waals surface area contributed by atoms with Gasteiger partial charge in [0, 0.05) is 21.6 Å². The van der Waals surface area contributed by atoms with E-state index in [1.807, 2.05) is 6.92 Å². The molecule has 0 aliphatic heterocycles. The maximum Gasteiger partial charge on any atom is 0.265 e. The molecule has 0 bridgehead atoms. The molecule has 108 valence electrons. The molecule has 6 nitrogen and oxygen atoms in total. The van der Waals surface area contributed by atoms with Crippen molar-refractivity contribution in [2.24, 2.45) is 0 Å². The van der Waals surface area contributed by atoms with E-state index in [2.05, 4.69) is 26.1 Å². The quantitative estimate of drug-likeness (QED) is 0.741. The molecule has 0 aliphatic rings. The van der Waals surface area contributed by atoms with Crippen molar-refractivity contribution in [3.63, 3.8) is 0 Å². The van der Waals surface area contributed by atoms with Gasteiger partial charge in [0.15, 0.2) is 12.4 Å². The highest BCUT2D eigenvalue weighted by Gasteiger charge is 2.18. The molecule has 0 aliphatic carbocycles. The van der Waals surface area contributed by atoms with Crippen LogP contribution in [0.4, 0.5) is 0 Å². The van der Waals surface area contributed by atoms with Gasteiger partial charge in [-0.25, -0.2) is 8.42 Å². The van der Waals surface area contributed by atoms with Crippen molar-refractivity contribution in [3.8, 4) is 5.75 Å². The SMILES string of the molecule is CCc1noc(COc2ccc(Br)cc2S(=O)(=O)Cl)n1. The Bertz CT molecular complexity index is 717. The summed E-state index contributed by atoms with van der Waals surface area (Å²) < 4.78 is 33.9. The molecule has 0 saturated carbocycles. The minimum atomic E-state index is -3.91. The topological polar surface area (TPSA) is 82.3 Å².